The molecule has 3 aliphatic heterocycles. The molecule has 3 saturated heterocycles. The van der Waals surface area contributed by atoms with E-state index in [0.29, 0.717) is 41.3 Å². The van der Waals surface area contributed by atoms with Crippen LogP contribution in [0.2, 0.25) is 0 Å². The Balaban J connectivity index is 0.939. The van der Waals surface area contributed by atoms with Crippen LogP contribution in [0.5, 0.6) is 11.5 Å². The van der Waals surface area contributed by atoms with E-state index >= 15 is 0 Å². The van der Waals surface area contributed by atoms with Crippen LogP contribution in [-0.4, -0.2) is 58.5 Å². The van der Waals surface area contributed by atoms with Gasteiger partial charge in [-0.15, -0.1) is 0 Å². The lowest BCUT2D eigenvalue weighted by molar-refractivity contribution is -0.0336. The third-order valence-electron chi connectivity index (χ3n) is 9.80. The first-order valence-corrected chi connectivity index (χ1v) is 17.2. The molecule has 5 N–H and O–H groups in total. The van der Waals surface area contributed by atoms with Crippen LogP contribution >= 0.6 is 0 Å². The van der Waals surface area contributed by atoms with Crippen LogP contribution in [0, 0.1) is 5.92 Å². The number of piperidine rings is 3. The number of aliphatic hydroxyl groups excluding tert-OH is 1. The summed E-state index contributed by atoms with van der Waals surface area (Å²) >= 11 is 0. The van der Waals surface area contributed by atoms with Gasteiger partial charge in [-0.25, -0.2) is 4.79 Å². The van der Waals surface area contributed by atoms with E-state index in [1.165, 1.54) is 12.1 Å². The number of aromatic nitrogens is 1. The van der Waals surface area contributed by atoms with Crippen molar-refractivity contribution in [3.63, 3.8) is 0 Å². The van der Waals surface area contributed by atoms with Crippen LogP contribution in [0.4, 0.5) is 4.79 Å². The highest BCUT2D eigenvalue weighted by atomic mass is 16.6. The smallest absolute Gasteiger partial charge is 0.408 e. The van der Waals surface area contributed by atoms with Crippen molar-refractivity contribution in [1.29, 1.82) is 0 Å². The molecule has 50 heavy (non-hydrogen) atoms. The fourth-order valence-corrected chi connectivity index (χ4v) is 7.05. The molecule has 10 heteroatoms. The summed E-state index contributed by atoms with van der Waals surface area (Å²) in [5.74, 6) is 1.09. The van der Waals surface area contributed by atoms with Gasteiger partial charge >= 0.3 is 6.09 Å². The first-order valence-electron chi connectivity index (χ1n) is 17.2. The second kappa shape index (κ2) is 15.2. The van der Waals surface area contributed by atoms with E-state index in [-0.39, 0.29) is 24.0 Å². The normalized spacial score (nSPS) is 19.5. The largest absolute Gasteiger partial charge is 0.506 e. The number of pyridine rings is 1. The third kappa shape index (κ3) is 7.83. The quantitative estimate of drug-likeness (QED) is 0.116. The number of aromatic amines is 1. The number of H-pyrrole nitrogens is 1. The first-order chi connectivity index (χ1) is 24.4. The van der Waals surface area contributed by atoms with E-state index in [9.17, 15) is 19.8 Å². The number of aliphatic hydroxyl groups is 1. The average Bonchev–Trinajstić information content (AvgIpc) is 3.15. The molecule has 10 nitrogen and oxygen atoms in total. The van der Waals surface area contributed by atoms with Crippen molar-refractivity contribution in [2.24, 2.45) is 5.92 Å². The number of benzene rings is 4. The van der Waals surface area contributed by atoms with Crippen molar-refractivity contribution >= 4 is 17.0 Å². The molecule has 5 aromatic rings. The zero-order chi connectivity index (χ0) is 34.5. The maximum atomic E-state index is 13.2. The second-order valence-corrected chi connectivity index (χ2v) is 13.2. The van der Waals surface area contributed by atoms with Gasteiger partial charge in [0.15, 0.2) is 0 Å². The van der Waals surface area contributed by atoms with Crippen molar-refractivity contribution in [3.05, 3.63) is 141 Å². The number of aromatic hydroxyl groups is 1. The van der Waals surface area contributed by atoms with Gasteiger partial charge in [-0.3, -0.25) is 9.69 Å². The van der Waals surface area contributed by atoms with Crippen molar-refractivity contribution < 1.29 is 24.5 Å². The van der Waals surface area contributed by atoms with E-state index in [4.69, 9.17) is 9.47 Å². The molecular weight excluding hydrogens is 632 g/mol. The van der Waals surface area contributed by atoms with Gasteiger partial charge in [0, 0.05) is 31.1 Å². The lowest BCUT2D eigenvalue weighted by Gasteiger charge is -2.43. The van der Waals surface area contributed by atoms with Gasteiger partial charge in [-0.2, -0.15) is 0 Å². The molecule has 3 aliphatic rings. The summed E-state index contributed by atoms with van der Waals surface area (Å²) in [7, 11) is 0. The highest BCUT2D eigenvalue weighted by molar-refractivity contribution is 5.87. The summed E-state index contributed by atoms with van der Waals surface area (Å²) in [6, 6.07) is 31.5. The summed E-state index contributed by atoms with van der Waals surface area (Å²) in [6.45, 7) is 4.19. The average molecular weight is 675 g/mol. The number of carbonyl (C=O) groups is 1. The molecule has 258 valence electrons. The number of rotatable bonds is 12. The number of nitrogens with zero attached hydrogens (tertiary/aromatic N) is 1. The number of phenolic OH excluding ortho intramolecular Hbond substituents is 1. The Labute approximate surface area is 290 Å². The number of nitrogens with one attached hydrogen (secondary N) is 3. The topological polar surface area (TPSA) is 136 Å². The molecule has 2 bridgehead atoms. The second-order valence-electron chi connectivity index (χ2n) is 13.2. The minimum atomic E-state index is -0.833. The van der Waals surface area contributed by atoms with Crippen LogP contribution < -0.4 is 20.9 Å². The molecule has 4 aromatic carbocycles. The number of hydrogen-bond acceptors (Lipinski definition) is 8. The number of alkyl carbamates (subject to hydrolysis) is 1. The van der Waals surface area contributed by atoms with Gasteiger partial charge in [-0.1, -0.05) is 72.8 Å². The SMILES string of the molecule is O=C(NC(c1ccccc1)c1cccc(OCc2ccc(CNC[C@H](O)c3ccc(O)c4[nH]c(=O)ccc34)cc2)c1)O[C@H]1CN2CCC1CC2. The minimum Gasteiger partial charge on any atom is -0.506 e. The molecule has 0 aliphatic carbocycles. The Bertz CT molecular complexity index is 1970. The number of amides is 1. The first kappa shape index (κ1) is 33.3. The number of hydrogen-bond donors (Lipinski definition) is 5. The third-order valence-corrected chi connectivity index (χ3v) is 9.80. The van der Waals surface area contributed by atoms with E-state index in [2.05, 4.69) is 20.5 Å². The van der Waals surface area contributed by atoms with Crippen LogP contribution in [-0.2, 0) is 17.9 Å². The molecule has 1 aromatic heterocycles. The summed E-state index contributed by atoms with van der Waals surface area (Å²) in [5, 5.41) is 28.0. The maximum absolute atomic E-state index is 13.2. The predicted octanol–water partition coefficient (Wildman–Crippen LogP) is 5.55. The standard InChI is InChI=1S/C40H42N4O6/c45-34-15-13-32(33-14-16-37(47)42-39(33)34)35(46)23-41-22-26-9-11-27(12-10-26)25-49-31-8-4-7-30(21-31)38(29-5-2-1-3-6-29)43-40(48)50-36-24-44-19-17-28(36)18-20-44/h1-16,21,28,35-36,38,41,45-46H,17-20,22-25H2,(H,42,47)(H,43,48)/t35-,36-,38?/m0/s1. The molecule has 3 atom stereocenters. The predicted molar refractivity (Wildman–Crippen MR) is 191 cm³/mol. The molecule has 0 saturated carbocycles. The van der Waals surface area contributed by atoms with Crippen LogP contribution in [0.25, 0.3) is 10.9 Å². The van der Waals surface area contributed by atoms with Crippen molar-refractivity contribution in [2.75, 3.05) is 26.2 Å². The van der Waals surface area contributed by atoms with Gasteiger partial charge in [0.25, 0.3) is 0 Å². The Morgan fingerprint density at radius 3 is 2.42 bits per heavy atom. The molecule has 1 amide bonds. The molecule has 4 heterocycles. The van der Waals surface area contributed by atoms with Gasteiger partial charge in [0.2, 0.25) is 5.56 Å². The molecule has 8 rings (SSSR count). The van der Waals surface area contributed by atoms with Gasteiger partial charge in [-0.05, 0) is 83.9 Å². The Kier molecular flexibility index (Phi) is 10.1. The fraction of sp³-hybridized carbons (Fsp3) is 0.300. The molecule has 0 spiro atoms. The van der Waals surface area contributed by atoms with E-state index in [0.717, 1.165) is 54.7 Å². The Hall–Kier alpha value is -5.16. The summed E-state index contributed by atoms with van der Waals surface area (Å²) in [6.07, 6.45) is 0.847. The van der Waals surface area contributed by atoms with Gasteiger partial charge in [0.1, 0.15) is 24.2 Å². The van der Waals surface area contributed by atoms with E-state index in [1.807, 2.05) is 78.9 Å². The number of phenols is 1. The number of fused-ring (bicyclic) bond motifs is 4. The summed E-state index contributed by atoms with van der Waals surface area (Å²) in [4.78, 5) is 29.9. The zero-order valence-electron chi connectivity index (χ0n) is 27.8. The molecule has 1 unspecified atom stereocenters. The fourth-order valence-electron chi connectivity index (χ4n) is 7.05. The maximum Gasteiger partial charge on any atom is 0.408 e. The lowest BCUT2D eigenvalue weighted by Crippen LogP contribution is -2.52. The highest BCUT2D eigenvalue weighted by Crippen LogP contribution is 2.31. The van der Waals surface area contributed by atoms with Gasteiger partial charge < -0.3 is 35.3 Å². The minimum absolute atomic E-state index is 0.0385. The van der Waals surface area contributed by atoms with E-state index < -0.39 is 18.2 Å². The summed E-state index contributed by atoms with van der Waals surface area (Å²) in [5.41, 5.74) is 4.52. The lowest BCUT2D eigenvalue weighted by atomic mass is 9.86. The van der Waals surface area contributed by atoms with Crippen LogP contribution in [0.15, 0.2) is 108 Å². The van der Waals surface area contributed by atoms with Crippen molar-refractivity contribution in [2.45, 2.75) is 44.2 Å². The van der Waals surface area contributed by atoms with Gasteiger partial charge in [0.05, 0.1) is 17.7 Å². The monoisotopic (exact) mass is 674 g/mol. The van der Waals surface area contributed by atoms with Crippen molar-refractivity contribution in [1.82, 2.24) is 20.5 Å². The van der Waals surface area contributed by atoms with Crippen molar-refractivity contribution in [3.8, 4) is 11.5 Å². The molecule has 0 radical (unpaired) electrons. The van der Waals surface area contributed by atoms with Crippen LogP contribution in [0.1, 0.15) is 52.8 Å². The Morgan fingerprint density at radius 1 is 0.900 bits per heavy atom. The summed E-state index contributed by atoms with van der Waals surface area (Å²) < 4.78 is 12.2. The highest BCUT2D eigenvalue weighted by Gasteiger charge is 2.37. The van der Waals surface area contributed by atoms with Crippen LogP contribution in [0.3, 0.4) is 0 Å². The molecule has 3 fully saturated rings. The molecular formula is C40H42N4O6. The number of ether oxygens (including phenoxy) is 2. The zero-order valence-corrected chi connectivity index (χ0v) is 27.8. The number of carbonyl (C=O) groups excluding carboxylic acids is 1. The van der Waals surface area contributed by atoms with E-state index in [1.54, 1.807) is 12.1 Å². The Morgan fingerprint density at radius 2 is 1.66 bits per heavy atom.